The molecule has 0 bridgehead atoms. The summed E-state index contributed by atoms with van der Waals surface area (Å²) < 4.78 is 10.2. The fourth-order valence-electron chi connectivity index (χ4n) is 2.30. The standard InChI is InChI=1S/C8H13BO5/c1-4(10)13-3-6-7-5(2-14-6)8(7)9(11)12/h5-8,11-12H,2-3H2,1H3/t5-,6+,7-,8?/m1/s1. The van der Waals surface area contributed by atoms with E-state index in [2.05, 4.69) is 0 Å². The number of ether oxygens (including phenoxy) is 2. The SMILES string of the molecule is CC(=O)OC[C@@H]1OC[C@H]2C(B(O)O)[C@@H]12. The molecule has 1 aliphatic heterocycles. The number of esters is 1. The molecular weight excluding hydrogens is 187 g/mol. The van der Waals surface area contributed by atoms with Gasteiger partial charge in [0.05, 0.1) is 12.7 Å². The average Bonchev–Trinajstić information content (AvgIpc) is 2.68. The van der Waals surface area contributed by atoms with Crippen LogP contribution in [0.25, 0.3) is 0 Å². The van der Waals surface area contributed by atoms with E-state index in [1.54, 1.807) is 0 Å². The van der Waals surface area contributed by atoms with E-state index in [0.29, 0.717) is 6.61 Å². The summed E-state index contributed by atoms with van der Waals surface area (Å²) in [7, 11) is -1.27. The monoisotopic (exact) mass is 200 g/mol. The number of hydrogen-bond donors (Lipinski definition) is 2. The fourth-order valence-corrected chi connectivity index (χ4v) is 2.30. The van der Waals surface area contributed by atoms with Crippen molar-refractivity contribution in [1.82, 2.24) is 0 Å². The molecule has 1 saturated carbocycles. The third-order valence-electron chi connectivity index (χ3n) is 3.02. The highest BCUT2D eigenvalue weighted by Gasteiger charge is 2.63. The van der Waals surface area contributed by atoms with E-state index in [4.69, 9.17) is 19.5 Å². The van der Waals surface area contributed by atoms with Crippen LogP contribution in [-0.4, -0.2) is 42.5 Å². The summed E-state index contributed by atoms with van der Waals surface area (Å²) in [5.74, 6) is -0.0481. The lowest BCUT2D eigenvalue weighted by Crippen LogP contribution is -2.25. The predicted octanol–water partition coefficient (Wildman–Crippen LogP) is -0.963. The minimum Gasteiger partial charge on any atom is -0.463 e. The van der Waals surface area contributed by atoms with Crippen molar-refractivity contribution in [2.75, 3.05) is 13.2 Å². The number of carbonyl (C=O) groups is 1. The molecule has 5 nitrogen and oxygen atoms in total. The van der Waals surface area contributed by atoms with Gasteiger partial charge in [0, 0.05) is 12.7 Å². The lowest BCUT2D eigenvalue weighted by atomic mass is 9.80. The first-order valence-electron chi connectivity index (χ1n) is 4.72. The normalized spacial score (nSPS) is 39.1. The van der Waals surface area contributed by atoms with Crippen molar-refractivity contribution in [2.45, 2.75) is 18.8 Å². The van der Waals surface area contributed by atoms with Crippen molar-refractivity contribution in [3.05, 3.63) is 0 Å². The second-order valence-corrected chi connectivity index (χ2v) is 3.91. The first kappa shape index (κ1) is 9.95. The van der Waals surface area contributed by atoms with Crippen LogP contribution in [0.3, 0.4) is 0 Å². The Morgan fingerprint density at radius 1 is 1.64 bits per heavy atom. The zero-order valence-electron chi connectivity index (χ0n) is 7.92. The van der Waals surface area contributed by atoms with Gasteiger partial charge in [-0.1, -0.05) is 0 Å². The Morgan fingerprint density at radius 2 is 2.36 bits per heavy atom. The molecule has 1 saturated heterocycles. The van der Waals surface area contributed by atoms with Crippen LogP contribution >= 0.6 is 0 Å². The lowest BCUT2D eigenvalue weighted by Gasteiger charge is -2.14. The van der Waals surface area contributed by atoms with Gasteiger partial charge in [-0.2, -0.15) is 0 Å². The molecule has 78 valence electrons. The smallest absolute Gasteiger partial charge is 0.455 e. The molecule has 6 heteroatoms. The molecule has 1 aliphatic carbocycles. The van der Waals surface area contributed by atoms with Crippen LogP contribution in [0.2, 0.25) is 5.82 Å². The van der Waals surface area contributed by atoms with Crippen molar-refractivity contribution < 1.29 is 24.3 Å². The van der Waals surface area contributed by atoms with Crippen LogP contribution in [-0.2, 0) is 14.3 Å². The van der Waals surface area contributed by atoms with Gasteiger partial charge in [-0.25, -0.2) is 0 Å². The van der Waals surface area contributed by atoms with Crippen molar-refractivity contribution in [2.24, 2.45) is 11.8 Å². The predicted molar refractivity (Wildman–Crippen MR) is 47.3 cm³/mol. The van der Waals surface area contributed by atoms with Crippen LogP contribution < -0.4 is 0 Å². The van der Waals surface area contributed by atoms with Gasteiger partial charge in [0.15, 0.2) is 0 Å². The molecule has 0 radical (unpaired) electrons. The summed E-state index contributed by atoms with van der Waals surface area (Å²) >= 11 is 0. The van der Waals surface area contributed by atoms with Crippen LogP contribution in [0.15, 0.2) is 0 Å². The molecule has 2 N–H and O–H groups in total. The van der Waals surface area contributed by atoms with Gasteiger partial charge >= 0.3 is 13.1 Å². The highest BCUT2D eigenvalue weighted by molar-refractivity contribution is 6.44. The zero-order valence-corrected chi connectivity index (χ0v) is 7.92. The summed E-state index contributed by atoms with van der Waals surface area (Å²) in [5, 5.41) is 18.0. The summed E-state index contributed by atoms with van der Waals surface area (Å²) in [6.45, 7) is 2.11. The van der Waals surface area contributed by atoms with E-state index >= 15 is 0 Å². The number of carbonyl (C=O) groups excluding carboxylic acids is 1. The Kier molecular flexibility index (Phi) is 2.51. The van der Waals surface area contributed by atoms with Gasteiger partial charge in [-0.05, 0) is 11.8 Å². The van der Waals surface area contributed by atoms with Crippen LogP contribution in [0.1, 0.15) is 6.92 Å². The maximum atomic E-state index is 10.6. The van der Waals surface area contributed by atoms with Crippen molar-refractivity contribution in [3.8, 4) is 0 Å². The largest absolute Gasteiger partial charge is 0.463 e. The maximum Gasteiger partial charge on any atom is 0.455 e. The molecule has 0 aromatic carbocycles. The quantitative estimate of drug-likeness (QED) is 0.453. The first-order valence-corrected chi connectivity index (χ1v) is 4.72. The molecule has 0 spiro atoms. The molecule has 14 heavy (non-hydrogen) atoms. The van der Waals surface area contributed by atoms with Gasteiger partial charge in [0.2, 0.25) is 0 Å². The van der Waals surface area contributed by atoms with E-state index in [1.807, 2.05) is 0 Å². The molecule has 2 fully saturated rings. The molecule has 2 aliphatic rings. The fraction of sp³-hybridized carbons (Fsp3) is 0.875. The van der Waals surface area contributed by atoms with E-state index in [1.165, 1.54) is 6.92 Å². The van der Waals surface area contributed by atoms with Crippen LogP contribution in [0, 0.1) is 11.8 Å². The minimum absolute atomic E-state index is 0.0932. The topological polar surface area (TPSA) is 76.0 Å². The lowest BCUT2D eigenvalue weighted by molar-refractivity contribution is -0.144. The highest BCUT2D eigenvalue weighted by atomic mass is 16.6. The molecular formula is C8H13BO5. The molecule has 1 unspecified atom stereocenters. The summed E-state index contributed by atoms with van der Waals surface area (Å²) in [4.78, 5) is 10.6. The van der Waals surface area contributed by atoms with E-state index in [-0.39, 0.29) is 36.3 Å². The summed E-state index contributed by atoms with van der Waals surface area (Å²) in [5.41, 5.74) is 0. The first-order chi connectivity index (χ1) is 6.61. The van der Waals surface area contributed by atoms with Crippen molar-refractivity contribution >= 4 is 13.1 Å². The Balaban J connectivity index is 1.82. The minimum atomic E-state index is -1.27. The van der Waals surface area contributed by atoms with Gasteiger partial charge in [-0.15, -0.1) is 0 Å². The average molecular weight is 200 g/mol. The summed E-state index contributed by atoms with van der Waals surface area (Å²) in [6, 6.07) is 0. The Labute approximate surface area is 82.2 Å². The molecule has 4 atom stereocenters. The second kappa shape index (κ2) is 3.53. The zero-order chi connectivity index (χ0) is 10.3. The van der Waals surface area contributed by atoms with E-state index in [9.17, 15) is 4.79 Å². The number of fused-ring (bicyclic) bond motifs is 1. The number of hydrogen-bond acceptors (Lipinski definition) is 5. The third-order valence-corrected chi connectivity index (χ3v) is 3.02. The number of rotatable bonds is 3. The van der Waals surface area contributed by atoms with Crippen molar-refractivity contribution in [3.63, 3.8) is 0 Å². The Morgan fingerprint density at radius 3 is 2.86 bits per heavy atom. The van der Waals surface area contributed by atoms with E-state index < -0.39 is 7.12 Å². The molecule has 0 aromatic rings. The highest BCUT2D eigenvalue weighted by Crippen LogP contribution is 2.59. The molecule has 0 amide bonds. The van der Waals surface area contributed by atoms with Crippen molar-refractivity contribution in [1.29, 1.82) is 0 Å². The van der Waals surface area contributed by atoms with Crippen LogP contribution in [0.4, 0.5) is 0 Å². The Bertz CT molecular complexity index is 244. The second-order valence-electron chi connectivity index (χ2n) is 3.91. The van der Waals surface area contributed by atoms with Gasteiger partial charge in [-0.3, -0.25) is 4.79 Å². The van der Waals surface area contributed by atoms with Crippen LogP contribution in [0.5, 0.6) is 0 Å². The van der Waals surface area contributed by atoms with Gasteiger partial charge in [0.25, 0.3) is 0 Å². The van der Waals surface area contributed by atoms with Gasteiger partial charge < -0.3 is 19.5 Å². The summed E-state index contributed by atoms with van der Waals surface area (Å²) in [6.07, 6.45) is -0.157. The van der Waals surface area contributed by atoms with E-state index in [0.717, 1.165) is 0 Å². The molecule has 0 aromatic heterocycles. The third kappa shape index (κ3) is 1.65. The Hall–Kier alpha value is -0.585. The molecule has 1 heterocycles. The molecule has 2 rings (SSSR count). The maximum absolute atomic E-state index is 10.6. The van der Waals surface area contributed by atoms with Gasteiger partial charge in [0.1, 0.15) is 6.61 Å².